The smallest absolute Gasteiger partial charge is 0.124 e. The monoisotopic (exact) mass is 259 g/mol. The molecule has 2 aromatic rings. The van der Waals surface area contributed by atoms with Crippen molar-refractivity contribution in [2.75, 3.05) is 0 Å². The Kier molecular flexibility index (Phi) is 4.63. The Bertz CT molecular complexity index is 517. The lowest BCUT2D eigenvalue weighted by atomic mass is 10.2. The fourth-order valence-corrected chi connectivity index (χ4v) is 1.82. The molecule has 0 radical (unpaired) electrons. The van der Waals surface area contributed by atoms with Crippen LogP contribution in [0.15, 0.2) is 41.0 Å². The van der Waals surface area contributed by atoms with Gasteiger partial charge in [-0.2, -0.15) is 0 Å². The van der Waals surface area contributed by atoms with Crippen LogP contribution in [0.4, 0.5) is 0 Å². The zero-order valence-electron chi connectivity index (χ0n) is 11.8. The van der Waals surface area contributed by atoms with E-state index in [9.17, 15) is 0 Å². The highest BCUT2D eigenvalue weighted by atomic mass is 16.5. The minimum absolute atomic E-state index is 0.440. The summed E-state index contributed by atoms with van der Waals surface area (Å²) >= 11 is 0. The van der Waals surface area contributed by atoms with Crippen LogP contribution in [0.5, 0.6) is 5.75 Å². The summed E-state index contributed by atoms with van der Waals surface area (Å²) in [4.78, 5) is 0. The predicted molar refractivity (Wildman–Crippen MR) is 76.2 cm³/mol. The Morgan fingerprint density at radius 2 is 2.00 bits per heavy atom. The topological polar surface area (TPSA) is 34.4 Å². The molecule has 3 heteroatoms. The minimum atomic E-state index is 0.440. The SMILES string of the molecule is Cc1ccccc1OCc1ccoc1CNC(C)C. The maximum Gasteiger partial charge on any atom is 0.124 e. The molecule has 0 amide bonds. The van der Waals surface area contributed by atoms with Crippen LogP contribution in [0.1, 0.15) is 30.7 Å². The number of para-hydroxylation sites is 1. The second kappa shape index (κ2) is 6.43. The third kappa shape index (κ3) is 3.86. The van der Waals surface area contributed by atoms with E-state index in [4.69, 9.17) is 9.15 Å². The summed E-state index contributed by atoms with van der Waals surface area (Å²) in [5.41, 5.74) is 2.24. The Morgan fingerprint density at radius 3 is 2.74 bits per heavy atom. The summed E-state index contributed by atoms with van der Waals surface area (Å²) in [5, 5.41) is 3.35. The van der Waals surface area contributed by atoms with Crippen molar-refractivity contribution in [1.82, 2.24) is 5.32 Å². The highest BCUT2D eigenvalue weighted by Crippen LogP contribution is 2.19. The first-order chi connectivity index (χ1) is 9.16. The quantitative estimate of drug-likeness (QED) is 0.859. The van der Waals surface area contributed by atoms with E-state index in [-0.39, 0.29) is 0 Å². The Hall–Kier alpha value is -1.74. The van der Waals surface area contributed by atoms with Crippen molar-refractivity contribution in [1.29, 1.82) is 0 Å². The Labute approximate surface area is 114 Å². The number of aryl methyl sites for hydroxylation is 1. The van der Waals surface area contributed by atoms with Crippen molar-refractivity contribution in [2.45, 2.75) is 40.0 Å². The van der Waals surface area contributed by atoms with Crippen molar-refractivity contribution < 1.29 is 9.15 Å². The molecule has 0 aliphatic carbocycles. The van der Waals surface area contributed by atoms with Crippen molar-refractivity contribution in [3.63, 3.8) is 0 Å². The molecule has 1 heterocycles. The van der Waals surface area contributed by atoms with Gasteiger partial charge in [-0.25, -0.2) is 0 Å². The number of benzene rings is 1. The molecule has 2 rings (SSSR count). The summed E-state index contributed by atoms with van der Waals surface area (Å²) in [7, 11) is 0. The lowest BCUT2D eigenvalue weighted by Crippen LogP contribution is -2.22. The van der Waals surface area contributed by atoms with Gasteiger partial charge in [-0.3, -0.25) is 0 Å². The highest BCUT2D eigenvalue weighted by Gasteiger charge is 2.08. The summed E-state index contributed by atoms with van der Waals surface area (Å²) in [6, 6.07) is 10.4. The van der Waals surface area contributed by atoms with Crippen LogP contribution >= 0.6 is 0 Å². The zero-order chi connectivity index (χ0) is 13.7. The fraction of sp³-hybridized carbons (Fsp3) is 0.375. The predicted octanol–water partition coefficient (Wildman–Crippen LogP) is 3.67. The standard InChI is InChI=1S/C16H21NO2/c1-12(2)17-10-16-14(8-9-18-16)11-19-15-7-5-4-6-13(15)3/h4-9,12,17H,10-11H2,1-3H3. The maximum absolute atomic E-state index is 5.84. The van der Waals surface area contributed by atoms with Crippen LogP contribution in [-0.2, 0) is 13.2 Å². The second-order valence-electron chi connectivity index (χ2n) is 4.96. The van der Waals surface area contributed by atoms with E-state index in [0.717, 1.165) is 29.2 Å². The van der Waals surface area contributed by atoms with Crippen molar-refractivity contribution >= 4 is 0 Å². The van der Waals surface area contributed by atoms with Gasteiger partial charge in [-0.15, -0.1) is 0 Å². The van der Waals surface area contributed by atoms with E-state index in [1.807, 2.05) is 37.3 Å². The number of furan rings is 1. The molecule has 0 fully saturated rings. The first kappa shape index (κ1) is 13.7. The van der Waals surface area contributed by atoms with Gasteiger partial charge >= 0.3 is 0 Å². The molecule has 0 spiro atoms. The lowest BCUT2D eigenvalue weighted by molar-refractivity contribution is 0.299. The third-order valence-electron chi connectivity index (χ3n) is 2.99. The number of hydrogen-bond acceptors (Lipinski definition) is 3. The molecule has 19 heavy (non-hydrogen) atoms. The molecule has 0 saturated carbocycles. The molecule has 1 aromatic heterocycles. The molecule has 0 atom stereocenters. The molecule has 3 nitrogen and oxygen atoms in total. The van der Waals surface area contributed by atoms with E-state index < -0.39 is 0 Å². The van der Waals surface area contributed by atoms with Gasteiger partial charge in [0.1, 0.15) is 18.1 Å². The largest absolute Gasteiger partial charge is 0.489 e. The van der Waals surface area contributed by atoms with Crippen LogP contribution in [0.25, 0.3) is 0 Å². The van der Waals surface area contributed by atoms with Crippen LogP contribution in [0, 0.1) is 6.92 Å². The van der Waals surface area contributed by atoms with E-state index in [1.54, 1.807) is 6.26 Å². The van der Waals surface area contributed by atoms with Gasteiger partial charge in [0.05, 0.1) is 12.8 Å². The van der Waals surface area contributed by atoms with Gasteiger partial charge in [-0.1, -0.05) is 32.0 Å². The van der Waals surface area contributed by atoms with E-state index in [1.165, 1.54) is 0 Å². The molecule has 0 aliphatic heterocycles. The number of ether oxygens (including phenoxy) is 1. The number of nitrogens with one attached hydrogen (secondary N) is 1. The molecule has 102 valence electrons. The Morgan fingerprint density at radius 1 is 1.21 bits per heavy atom. The third-order valence-corrected chi connectivity index (χ3v) is 2.99. The molecular formula is C16H21NO2. The van der Waals surface area contributed by atoms with Gasteiger partial charge in [-0.05, 0) is 24.6 Å². The summed E-state index contributed by atoms with van der Waals surface area (Å²) in [6.07, 6.45) is 1.72. The first-order valence-corrected chi connectivity index (χ1v) is 6.64. The van der Waals surface area contributed by atoms with Gasteiger partial charge in [0.2, 0.25) is 0 Å². The van der Waals surface area contributed by atoms with Crippen molar-refractivity contribution in [3.8, 4) is 5.75 Å². The van der Waals surface area contributed by atoms with Gasteiger partial charge in [0.15, 0.2) is 0 Å². The fourth-order valence-electron chi connectivity index (χ4n) is 1.82. The first-order valence-electron chi connectivity index (χ1n) is 6.64. The van der Waals surface area contributed by atoms with Gasteiger partial charge in [0, 0.05) is 11.6 Å². The average molecular weight is 259 g/mol. The van der Waals surface area contributed by atoms with Gasteiger partial charge in [0.25, 0.3) is 0 Å². The van der Waals surface area contributed by atoms with E-state index >= 15 is 0 Å². The summed E-state index contributed by atoms with van der Waals surface area (Å²) in [5.74, 6) is 1.87. The van der Waals surface area contributed by atoms with E-state index in [0.29, 0.717) is 12.6 Å². The minimum Gasteiger partial charge on any atom is -0.489 e. The molecule has 0 aliphatic rings. The summed E-state index contributed by atoms with van der Waals surface area (Å²) in [6.45, 7) is 7.55. The normalized spacial score (nSPS) is 10.9. The van der Waals surface area contributed by atoms with E-state index in [2.05, 4.69) is 19.2 Å². The highest BCUT2D eigenvalue weighted by molar-refractivity contribution is 5.32. The molecule has 1 aromatic carbocycles. The average Bonchev–Trinajstić information content (AvgIpc) is 2.83. The van der Waals surface area contributed by atoms with Crippen LogP contribution in [0.2, 0.25) is 0 Å². The zero-order valence-corrected chi connectivity index (χ0v) is 11.8. The van der Waals surface area contributed by atoms with Crippen LogP contribution in [-0.4, -0.2) is 6.04 Å². The number of rotatable bonds is 6. The van der Waals surface area contributed by atoms with Crippen molar-refractivity contribution in [2.24, 2.45) is 0 Å². The summed E-state index contributed by atoms with van der Waals surface area (Å²) < 4.78 is 11.3. The van der Waals surface area contributed by atoms with Gasteiger partial charge < -0.3 is 14.5 Å². The van der Waals surface area contributed by atoms with Crippen molar-refractivity contribution in [3.05, 3.63) is 53.5 Å². The maximum atomic E-state index is 5.84. The Balaban J connectivity index is 1.96. The lowest BCUT2D eigenvalue weighted by Gasteiger charge is -2.10. The molecule has 0 unspecified atom stereocenters. The van der Waals surface area contributed by atoms with Crippen LogP contribution in [0.3, 0.4) is 0 Å². The van der Waals surface area contributed by atoms with Crippen LogP contribution < -0.4 is 10.1 Å². The second-order valence-corrected chi connectivity index (χ2v) is 4.96. The number of hydrogen-bond donors (Lipinski definition) is 1. The molecule has 1 N–H and O–H groups in total. The molecule has 0 saturated heterocycles. The molecular weight excluding hydrogens is 238 g/mol. The molecule has 0 bridgehead atoms.